The molecule has 3 aromatic rings. The molecule has 1 unspecified atom stereocenters. The van der Waals surface area contributed by atoms with E-state index < -0.39 is 12.2 Å². The van der Waals surface area contributed by atoms with Gasteiger partial charge in [0.15, 0.2) is 11.5 Å². The Morgan fingerprint density at radius 3 is 2.86 bits per heavy atom. The molecule has 1 aliphatic carbocycles. The lowest BCUT2D eigenvalue weighted by Crippen LogP contribution is -2.25. The fourth-order valence-corrected chi connectivity index (χ4v) is 3.94. The van der Waals surface area contributed by atoms with Gasteiger partial charge in [-0.05, 0) is 18.6 Å². The average Bonchev–Trinajstić information content (AvgIpc) is 3.34. The molecule has 1 aliphatic heterocycles. The standard InChI is InChI=1S/C18H11F3N4O3S/c19-9-3-1-2-8(4-9)16-22-12(7-29-16)15(26)25-17-23-10-5-13-14(6-11(10)24-17)28-18(20,21)27-13/h1,3-8H,2H2,(H2,23,24,25,26). The van der Waals surface area contributed by atoms with Crippen molar-refractivity contribution in [2.75, 3.05) is 5.32 Å². The van der Waals surface area contributed by atoms with Gasteiger partial charge in [-0.1, -0.05) is 6.08 Å². The smallest absolute Gasteiger partial charge is 0.395 e. The Morgan fingerprint density at radius 2 is 2.07 bits per heavy atom. The molecule has 148 valence electrons. The van der Waals surface area contributed by atoms with E-state index in [9.17, 15) is 18.0 Å². The van der Waals surface area contributed by atoms with Gasteiger partial charge in [-0.15, -0.1) is 20.1 Å². The number of halogens is 3. The second kappa shape index (κ2) is 6.34. The topological polar surface area (TPSA) is 89.1 Å². The van der Waals surface area contributed by atoms with Crippen LogP contribution in [0.3, 0.4) is 0 Å². The van der Waals surface area contributed by atoms with E-state index in [4.69, 9.17) is 0 Å². The number of fused-ring (bicyclic) bond motifs is 2. The molecule has 2 aromatic heterocycles. The third kappa shape index (κ3) is 3.33. The molecule has 7 nitrogen and oxygen atoms in total. The molecule has 2 N–H and O–H groups in total. The Morgan fingerprint density at radius 1 is 1.28 bits per heavy atom. The lowest BCUT2D eigenvalue weighted by Gasteiger charge is -2.09. The van der Waals surface area contributed by atoms with Gasteiger partial charge in [-0.25, -0.2) is 14.4 Å². The molecule has 0 radical (unpaired) electrons. The summed E-state index contributed by atoms with van der Waals surface area (Å²) in [5, 5.41) is 4.78. The fraction of sp³-hybridized carbons (Fsp3) is 0.167. The first-order chi connectivity index (χ1) is 13.9. The minimum absolute atomic E-state index is 0.113. The van der Waals surface area contributed by atoms with Gasteiger partial charge < -0.3 is 14.5 Å². The number of carbonyl (C=O) groups excluding carboxylic acids is 1. The number of H-pyrrole nitrogens is 1. The van der Waals surface area contributed by atoms with Crippen molar-refractivity contribution in [1.29, 1.82) is 0 Å². The number of hydrogen-bond donors (Lipinski definition) is 2. The molecule has 5 rings (SSSR count). The number of alkyl halides is 2. The third-order valence-corrected chi connectivity index (χ3v) is 5.31. The van der Waals surface area contributed by atoms with E-state index in [2.05, 4.69) is 29.7 Å². The first-order valence-corrected chi connectivity index (χ1v) is 9.34. The maximum Gasteiger partial charge on any atom is 0.586 e. The Bertz CT molecular complexity index is 1160. The minimum Gasteiger partial charge on any atom is -0.395 e. The number of nitrogens with one attached hydrogen (secondary N) is 2. The summed E-state index contributed by atoms with van der Waals surface area (Å²) in [4.78, 5) is 23.7. The van der Waals surface area contributed by atoms with Crippen molar-refractivity contribution in [3.8, 4) is 11.5 Å². The average molecular weight is 420 g/mol. The lowest BCUT2D eigenvalue weighted by molar-refractivity contribution is -0.286. The zero-order valence-corrected chi connectivity index (χ0v) is 15.2. The van der Waals surface area contributed by atoms with E-state index >= 15 is 0 Å². The van der Waals surface area contributed by atoms with E-state index in [1.807, 2.05) is 0 Å². The van der Waals surface area contributed by atoms with Gasteiger partial charge in [0, 0.05) is 23.4 Å². The molecule has 11 heteroatoms. The summed E-state index contributed by atoms with van der Waals surface area (Å²) in [7, 11) is 0. The summed E-state index contributed by atoms with van der Waals surface area (Å²) in [5.74, 6) is -1.20. The number of ether oxygens (including phenoxy) is 2. The van der Waals surface area contributed by atoms with E-state index in [0.29, 0.717) is 22.5 Å². The Labute approximate surface area is 164 Å². The number of aromatic nitrogens is 3. The zero-order chi connectivity index (χ0) is 20.2. The van der Waals surface area contributed by atoms with Crippen molar-refractivity contribution < 1.29 is 27.4 Å². The van der Waals surface area contributed by atoms with Gasteiger partial charge in [0.2, 0.25) is 5.95 Å². The van der Waals surface area contributed by atoms with Crippen LogP contribution in [0.15, 0.2) is 41.6 Å². The van der Waals surface area contributed by atoms with E-state index in [1.54, 1.807) is 11.5 Å². The number of rotatable bonds is 3. The van der Waals surface area contributed by atoms with Gasteiger partial charge in [-0.3, -0.25) is 10.1 Å². The molecule has 0 saturated heterocycles. The molecule has 29 heavy (non-hydrogen) atoms. The van der Waals surface area contributed by atoms with Gasteiger partial charge >= 0.3 is 6.29 Å². The summed E-state index contributed by atoms with van der Waals surface area (Å²) in [6.45, 7) is 0. The highest BCUT2D eigenvalue weighted by atomic mass is 32.1. The maximum absolute atomic E-state index is 13.4. The van der Waals surface area contributed by atoms with Crippen LogP contribution in [0.2, 0.25) is 0 Å². The second-order valence-corrected chi connectivity index (χ2v) is 7.28. The van der Waals surface area contributed by atoms with Crippen molar-refractivity contribution in [3.05, 3.63) is 52.3 Å². The number of nitrogens with zero attached hydrogens (tertiary/aromatic N) is 2. The summed E-state index contributed by atoms with van der Waals surface area (Å²) in [6, 6.07) is 2.60. The summed E-state index contributed by atoms with van der Waals surface area (Å²) >= 11 is 1.26. The van der Waals surface area contributed by atoms with Crippen LogP contribution in [0.5, 0.6) is 11.5 Å². The molecule has 0 bridgehead atoms. The van der Waals surface area contributed by atoms with Crippen LogP contribution in [-0.4, -0.2) is 27.2 Å². The van der Waals surface area contributed by atoms with Crippen molar-refractivity contribution in [2.45, 2.75) is 18.6 Å². The van der Waals surface area contributed by atoms with E-state index in [0.717, 1.165) is 0 Å². The van der Waals surface area contributed by atoms with Crippen molar-refractivity contribution in [3.63, 3.8) is 0 Å². The Kier molecular flexibility index (Phi) is 3.88. The summed E-state index contributed by atoms with van der Waals surface area (Å²) in [6.07, 6.45) is 1.47. The van der Waals surface area contributed by atoms with E-state index in [1.165, 1.54) is 35.6 Å². The van der Waals surface area contributed by atoms with Crippen LogP contribution < -0.4 is 14.8 Å². The predicted octanol–water partition coefficient (Wildman–Crippen LogP) is 4.49. The SMILES string of the molecule is O=C(Nc1nc2cc3c(cc2[nH]1)OC(F)(F)O3)c1csc(C2C=C(F)C=CC2)n1. The van der Waals surface area contributed by atoms with Crippen LogP contribution >= 0.6 is 11.3 Å². The number of hydrogen-bond acceptors (Lipinski definition) is 6. The molecule has 2 aliphatic rings. The highest BCUT2D eigenvalue weighted by molar-refractivity contribution is 7.10. The summed E-state index contributed by atoms with van der Waals surface area (Å²) in [5.41, 5.74) is 0.866. The zero-order valence-electron chi connectivity index (χ0n) is 14.4. The number of anilines is 1. The van der Waals surface area contributed by atoms with Crippen LogP contribution in [0.25, 0.3) is 11.0 Å². The molecule has 1 aromatic carbocycles. The van der Waals surface area contributed by atoms with Crippen molar-refractivity contribution in [1.82, 2.24) is 15.0 Å². The van der Waals surface area contributed by atoms with Gasteiger partial charge in [0.1, 0.15) is 16.5 Å². The number of thiazole rings is 1. The molecule has 0 spiro atoms. The van der Waals surface area contributed by atoms with Gasteiger partial charge in [-0.2, -0.15) is 0 Å². The van der Waals surface area contributed by atoms with Crippen molar-refractivity contribution >= 4 is 34.2 Å². The predicted molar refractivity (Wildman–Crippen MR) is 98.1 cm³/mol. The number of aromatic amines is 1. The third-order valence-electron chi connectivity index (χ3n) is 4.34. The lowest BCUT2D eigenvalue weighted by atomic mass is 10.0. The largest absolute Gasteiger partial charge is 0.586 e. The first kappa shape index (κ1) is 17.7. The number of carbonyl (C=O) groups is 1. The number of amides is 1. The molecule has 0 fully saturated rings. The van der Waals surface area contributed by atoms with Crippen LogP contribution in [0.4, 0.5) is 19.1 Å². The van der Waals surface area contributed by atoms with Crippen LogP contribution in [0.1, 0.15) is 27.8 Å². The van der Waals surface area contributed by atoms with Crippen molar-refractivity contribution in [2.24, 2.45) is 0 Å². The maximum atomic E-state index is 13.4. The molecule has 0 saturated carbocycles. The first-order valence-electron chi connectivity index (χ1n) is 8.46. The highest BCUT2D eigenvalue weighted by Gasteiger charge is 2.43. The van der Waals surface area contributed by atoms with Gasteiger partial charge in [0.05, 0.1) is 11.0 Å². The fourth-order valence-electron chi connectivity index (χ4n) is 3.06. The Balaban J connectivity index is 1.34. The Hall–Kier alpha value is -3.34. The number of allylic oxidation sites excluding steroid dienone is 4. The van der Waals surface area contributed by atoms with Crippen LogP contribution in [0, 0.1) is 0 Å². The van der Waals surface area contributed by atoms with Crippen LogP contribution in [-0.2, 0) is 0 Å². The molecule has 3 heterocycles. The second-order valence-electron chi connectivity index (χ2n) is 6.39. The van der Waals surface area contributed by atoms with E-state index in [-0.39, 0.29) is 34.9 Å². The summed E-state index contributed by atoms with van der Waals surface area (Å²) < 4.78 is 48.4. The number of imidazole rings is 1. The number of benzene rings is 1. The van der Waals surface area contributed by atoms with Gasteiger partial charge in [0.25, 0.3) is 5.91 Å². The molecular formula is C18H11F3N4O3S. The quantitative estimate of drug-likeness (QED) is 0.652. The molecule has 1 amide bonds. The monoisotopic (exact) mass is 420 g/mol. The molecular weight excluding hydrogens is 409 g/mol. The normalized spacial score (nSPS) is 19.4. The highest BCUT2D eigenvalue weighted by Crippen LogP contribution is 2.43. The minimum atomic E-state index is -3.72. The molecule has 1 atom stereocenters.